The molecule has 0 bridgehead atoms. The Morgan fingerprint density at radius 2 is 1.61 bits per heavy atom. The van der Waals surface area contributed by atoms with Gasteiger partial charge < -0.3 is 5.32 Å². The lowest BCUT2D eigenvalue weighted by Gasteiger charge is -2.31. The van der Waals surface area contributed by atoms with Crippen LogP contribution in [0.2, 0.25) is 5.02 Å². The lowest BCUT2D eigenvalue weighted by atomic mass is 10.1. The van der Waals surface area contributed by atoms with Gasteiger partial charge in [-0.3, -0.25) is 4.79 Å². The molecule has 1 fully saturated rings. The normalized spacial score (nSPS) is 16.1. The lowest BCUT2D eigenvalue weighted by molar-refractivity contribution is 0.0918. The maximum absolute atomic E-state index is 13.7. The Balaban J connectivity index is 1.63. The highest BCUT2D eigenvalue weighted by Gasteiger charge is 2.30. The van der Waals surface area contributed by atoms with Gasteiger partial charge in [0.2, 0.25) is 10.0 Å². The molecule has 10 heteroatoms. The van der Waals surface area contributed by atoms with Crippen molar-refractivity contribution in [3.05, 3.63) is 64.4 Å². The van der Waals surface area contributed by atoms with Crippen LogP contribution in [0.1, 0.15) is 23.2 Å². The van der Waals surface area contributed by atoms with Gasteiger partial charge in [-0.05, 0) is 49.2 Å². The number of rotatable bonds is 4. The molecule has 0 atom stereocenters. The van der Waals surface area contributed by atoms with Crippen LogP contribution < -0.4 is 5.32 Å². The van der Waals surface area contributed by atoms with Gasteiger partial charge in [-0.1, -0.05) is 11.6 Å². The summed E-state index contributed by atoms with van der Waals surface area (Å²) in [4.78, 5) is 12.3. The molecule has 3 rings (SSSR count). The van der Waals surface area contributed by atoms with E-state index in [1.165, 1.54) is 28.6 Å². The summed E-state index contributed by atoms with van der Waals surface area (Å²) in [5.41, 5.74) is -0.602. The Morgan fingerprint density at radius 3 is 2.21 bits per heavy atom. The SMILES string of the molecule is O=C(NC1CCN(S(=O)(=O)c2ccc(Cl)cc2)CC1)c1ccc(F)c(F)c1F. The number of halogens is 4. The van der Waals surface area contributed by atoms with Gasteiger partial charge in [-0.25, -0.2) is 21.6 Å². The highest BCUT2D eigenvalue weighted by molar-refractivity contribution is 7.89. The molecule has 1 aliphatic heterocycles. The number of nitrogens with one attached hydrogen (secondary N) is 1. The third kappa shape index (κ3) is 4.16. The standard InChI is InChI=1S/C18H16ClF3N2O3S/c19-11-1-3-13(4-2-11)28(26,27)24-9-7-12(8-10-24)23-18(25)14-5-6-15(20)17(22)16(14)21/h1-6,12H,7-10H2,(H,23,25). The minimum Gasteiger partial charge on any atom is -0.349 e. The molecule has 2 aromatic rings. The van der Waals surface area contributed by atoms with E-state index >= 15 is 0 Å². The van der Waals surface area contributed by atoms with E-state index in [2.05, 4.69) is 5.32 Å². The fourth-order valence-electron chi connectivity index (χ4n) is 2.96. The van der Waals surface area contributed by atoms with E-state index in [0.29, 0.717) is 23.9 Å². The van der Waals surface area contributed by atoms with Crippen LogP contribution in [-0.4, -0.2) is 37.8 Å². The molecule has 1 amide bonds. The highest BCUT2D eigenvalue weighted by Crippen LogP contribution is 2.23. The molecule has 0 aliphatic carbocycles. The lowest BCUT2D eigenvalue weighted by Crippen LogP contribution is -2.46. The van der Waals surface area contributed by atoms with Crippen molar-refractivity contribution in [2.75, 3.05) is 13.1 Å². The van der Waals surface area contributed by atoms with Gasteiger partial charge in [0.1, 0.15) is 0 Å². The van der Waals surface area contributed by atoms with Gasteiger partial charge in [-0.15, -0.1) is 0 Å². The first-order valence-electron chi connectivity index (χ1n) is 8.40. The van der Waals surface area contributed by atoms with Crippen molar-refractivity contribution in [1.29, 1.82) is 0 Å². The van der Waals surface area contributed by atoms with Crippen molar-refractivity contribution < 1.29 is 26.4 Å². The summed E-state index contributed by atoms with van der Waals surface area (Å²) in [7, 11) is -3.69. The molecule has 1 N–H and O–H groups in total. The van der Waals surface area contributed by atoms with Crippen LogP contribution in [0.15, 0.2) is 41.3 Å². The summed E-state index contributed by atoms with van der Waals surface area (Å²) in [5, 5.41) is 2.96. The number of amides is 1. The summed E-state index contributed by atoms with van der Waals surface area (Å²) in [6.45, 7) is 0.298. The number of benzene rings is 2. The summed E-state index contributed by atoms with van der Waals surface area (Å²) < 4.78 is 66.5. The largest absolute Gasteiger partial charge is 0.349 e. The Bertz CT molecular complexity index is 992. The summed E-state index contributed by atoms with van der Waals surface area (Å²) in [5.74, 6) is -5.53. The first-order valence-corrected chi connectivity index (χ1v) is 10.2. The molecule has 150 valence electrons. The summed E-state index contributed by atoms with van der Waals surface area (Å²) in [6, 6.07) is 6.92. The van der Waals surface area contributed by atoms with E-state index in [1.807, 2.05) is 0 Å². The van der Waals surface area contributed by atoms with E-state index < -0.39 is 45.0 Å². The Morgan fingerprint density at radius 1 is 1.00 bits per heavy atom. The molecular weight excluding hydrogens is 417 g/mol. The maximum atomic E-state index is 13.7. The van der Waals surface area contributed by atoms with Crippen LogP contribution >= 0.6 is 11.6 Å². The quantitative estimate of drug-likeness (QED) is 0.753. The topological polar surface area (TPSA) is 66.5 Å². The van der Waals surface area contributed by atoms with Crippen LogP contribution in [-0.2, 0) is 10.0 Å². The molecular formula is C18H16ClF3N2O3S. The molecule has 28 heavy (non-hydrogen) atoms. The average Bonchev–Trinajstić information content (AvgIpc) is 2.67. The zero-order valence-corrected chi connectivity index (χ0v) is 16.0. The van der Waals surface area contributed by atoms with Crippen LogP contribution in [0.5, 0.6) is 0 Å². The minimum absolute atomic E-state index is 0.114. The number of carbonyl (C=O) groups excluding carboxylic acids is 1. The van der Waals surface area contributed by atoms with E-state index in [9.17, 15) is 26.4 Å². The van der Waals surface area contributed by atoms with Crippen molar-refractivity contribution in [2.24, 2.45) is 0 Å². The average molecular weight is 433 g/mol. The predicted molar refractivity (Wildman–Crippen MR) is 97.0 cm³/mol. The van der Waals surface area contributed by atoms with Crippen LogP contribution in [0.4, 0.5) is 13.2 Å². The highest BCUT2D eigenvalue weighted by atomic mass is 35.5. The molecule has 2 aromatic carbocycles. The van der Waals surface area contributed by atoms with Gasteiger partial charge in [0, 0.05) is 24.2 Å². The van der Waals surface area contributed by atoms with Crippen LogP contribution in [0.25, 0.3) is 0 Å². The van der Waals surface area contributed by atoms with Crippen LogP contribution in [0, 0.1) is 17.5 Å². The Labute approximate surface area is 165 Å². The second-order valence-corrected chi connectivity index (χ2v) is 8.70. The molecule has 0 radical (unpaired) electrons. The predicted octanol–water partition coefficient (Wildman–Crippen LogP) is 3.34. The zero-order chi connectivity index (χ0) is 20.5. The summed E-state index contributed by atoms with van der Waals surface area (Å²) >= 11 is 5.78. The van der Waals surface area contributed by atoms with Gasteiger partial charge in [0.15, 0.2) is 17.5 Å². The molecule has 1 saturated heterocycles. The van der Waals surface area contributed by atoms with Gasteiger partial charge in [0.25, 0.3) is 5.91 Å². The van der Waals surface area contributed by atoms with Crippen molar-refractivity contribution in [2.45, 2.75) is 23.8 Å². The molecule has 0 saturated carbocycles. The third-order valence-corrected chi connectivity index (χ3v) is 6.69. The number of hydrogen-bond acceptors (Lipinski definition) is 3. The second-order valence-electron chi connectivity index (χ2n) is 6.33. The molecule has 0 aromatic heterocycles. The number of carbonyl (C=O) groups is 1. The number of nitrogens with zero attached hydrogens (tertiary/aromatic N) is 1. The third-order valence-electron chi connectivity index (χ3n) is 4.52. The van der Waals surface area contributed by atoms with Gasteiger partial charge in [-0.2, -0.15) is 4.31 Å². The van der Waals surface area contributed by atoms with E-state index in [-0.39, 0.29) is 18.0 Å². The first-order chi connectivity index (χ1) is 13.2. The second kappa shape index (κ2) is 8.10. The van der Waals surface area contributed by atoms with Crippen LogP contribution in [0.3, 0.4) is 0 Å². The number of piperidine rings is 1. The zero-order valence-electron chi connectivity index (χ0n) is 14.5. The maximum Gasteiger partial charge on any atom is 0.254 e. The number of hydrogen-bond donors (Lipinski definition) is 1. The van der Waals surface area contributed by atoms with Crippen molar-refractivity contribution >= 4 is 27.5 Å². The minimum atomic E-state index is -3.69. The van der Waals surface area contributed by atoms with E-state index in [4.69, 9.17) is 11.6 Å². The molecule has 1 heterocycles. The molecule has 0 unspecified atom stereocenters. The smallest absolute Gasteiger partial charge is 0.254 e. The van der Waals surface area contributed by atoms with E-state index in [1.54, 1.807) is 0 Å². The van der Waals surface area contributed by atoms with Crippen molar-refractivity contribution in [3.8, 4) is 0 Å². The van der Waals surface area contributed by atoms with Gasteiger partial charge in [0.05, 0.1) is 10.5 Å². The van der Waals surface area contributed by atoms with Gasteiger partial charge >= 0.3 is 0 Å². The Kier molecular flexibility index (Phi) is 5.97. The van der Waals surface area contributed by atoms with Crippen molar-refractivity contribution in [1.82, 2.24) is 9.62 Å². The summed E-state index contributed by atoms with van der Waals surface area (Å²) in [6.07, 6.45) is 0.591. The fourth-order valence-corrected chi connectivity index (χ4v) is 4.56. The van der Waals surface area contributed by atoms with E-state index in [0.717, 1.165) is 6.07 Å². The monoisotopic (exact) mass is 432 g/mol. The first kappa shape index (κ1) is 20.6. The Hall–Kier alpha value is -2.10. The molecule has 5 nitrogen and oxygen atoms in total. The fraction of sp³-hybridized carbons (Fsp3) is 0.278. The number of sulfonamides is 1. The molecule has 0 spiro atoms. The molecule has 1 aliphatic rings. The van der Waals surface area contributed by atoms with Crippen molar-refractivity contribution in [3.63, 3.8) is 0 Å².